The maximum atomic E-state index is 9.51. The fourth-order valence-corrected chi connectivity index (χ4v) is 1.26. The molecule has 21 heteroatoms. The van der Waals surface area contributed by atoms with E-state index in [0.717, 1.165) is 0 Å². The second kappa shape index (κ2) is 8.78. The summed E-state index contributed by atoms with van der Waals surface area (Å²) < 4.78 is 118. The molecule has 21 heavy (non-hydrogen) atoms. The standard InChI is InChI=1S/H3N.2H2O8S2/c;2*1-9(2,3)7-8-10(4,5)6/h1H3;2*(H,1,2,3)(H,4,5,6). The quantitative estimate of drug-likeness (QED) is 0.170. The van der Waals surface area contributed by atoms with Crippen LogP contribution >= 0.6 is 0 Å². The highest BCUT2D eigenvalue weighted by Gasteiger charge is 2.14. The molecule has 0 aliphatic carbocycles. The SMILES string of the molecule is N.O=S(=O)(O)OOS(=O)(=O)O.O=S(=O)(O)OOS(=O)(=O)O. The third-order valence-electron chi connectivity index (χ3n) is 0.399. The molecule has 0 unspecified atom stereocenters. The van der Waals surface area contributed by atoms with Crippen LogP contribution in [0.2, 0.25) is 0 Å². The van der Waals surface area contributed by atoms with Crippen LogP contribution in [0.4, 0.5) is 0 Å². The first-order valence-electron chi connectivity index (χ1n) is 3.06. The Balaban J connectivity index is -0.000000295. The minimum atomic E-state index is -5.02. The van der Waals surface area contributed by atoms with Gasteiger partial charge in [-0.1, -0.05) is 17.3 Å². The van der Waals surface area contributed by atoms with Gasteiger partial charge in [-0.25, -0.2) is 0 Å². The van der Waals surface area contributed by atoms with Crippen molar-refractivity contribution in [3.05, 3.63) is 0 Å². The fraction of sp³-hybridized carbons (Fsp3) is 0. The van der Waals surface area contributed by atoms with Crippen molar-refractivity contribution in [2.45, 2.75) is 0 Å². The van der Waals surface area contributed by atoms with Crippen molar-refractivity contribution in [3.8, 4) is 0 Å². The molecule has 0 aromatic rings. The monoisotopic (exact) mass is 405 g/mol. The van der Waals surface area contributed by atoms with E-state index >= 15 is 0 Å². The predicted octanol–water partition coefficient (Wildman–Crippen LogP) is -2.76. The Morgan fingerprint density at radius 2 is 0.524 bits per heavy atom. The van der Waals surface area contributed by atoms with Crippen LogP contribution in [0.25, 0.3) is 0 Å². The van der Waals surface area contributed by atoms with Crippen LogP contribution in [0.5, 0.6) is 0 Å². The third kappa shape index (κ3) is 32.7. The molecule has 0 amide bonds. The average molecular weight is 405 g/mol. The lowest BCUT2D eigenvalue weighted by Crippen LogP contribution is -2.10. The largest absolute Gasteiger partial charge is 0.425 e. The molecule has 0 saturated heterocycles. The van der Waals surface area contributed by atoms with E-state index in [1.54, 1.807) is 0 Å². The first-order valence-corrected chi connectivity index (χ1v) is 8.52. The lowest BCUT2D eigenvalue weighted by molar-refractivity contribution is -0.105. The molecule has 132 valence electrons. The van der Waals surface area contributed by atoms with E-state index in [1.807, 2.05) is 0 Å². The van der Waals surface area contributed by atoms with Gasteiger partial charge >= 0.3 is 41.6 Å². The highest BCUT2D eigenvalue weighted by Crippen LogP contribution is 1.93. The summed E-state index contributed by atoms with van der Waals surface area (Å²) in [4.78, 5) is 0. The van der Waals surface area contributed by atoms with Crippen molar-refractivity contribution in [1.82, 2.24) is 6.15 Å². The van der Waals surface area contributed by atoms with Gasteiger partial charge in [0, 0.05) is 0 Å². The molecular formula is H7NO16S4. The van der Waals surface area contributed by atoms with Gasteiger partial charge in [0.05, 0.1) is 0 Å². The van der Waals surface area contributed by atoms with Gasteiger partial charge in [0.1, 0.15) is 0 Å². The van der Waals surface area contributed by atoms with Crippen LogP contribution < -0.4 is 6.15 Å². The van der Waals surface area contributed by atoms with E-state index in [1.165, 1.54) is 0 Å². The van der Waals surface area contributed by atoms with E-state index in [9.17, 15) is 33.7 Å². The third-order valence-corrected chi connectivity index (χ3v) is 1.53. The minimum absolute atomic E-state index is 0. The number of hydrogen-bond acceptors (Lipinski definition) is 13. The minimum Gasteiger partial charge on any atom is -0.344 e. The summed E-state index contributed by atoms with van der Waals surface area (Å²) in [6.07, 6.45) is 0. The second-order valence-corrected chi connectivity index (χ2v) is 5.95. The molecule has 0 fully saturated rings. The van der Waals surface area contributed by atoms with E-state index in [2.05, 4.69) is 17.3 Å². The average Bonchev–Trinajstić information content (AvgIpc) is 2.09. The molecule has 0 aliphatic rings. The normalized spacial score (nSPS) is 12.8. The maximum Gasteiger partial charge on any atom is 0.425 e. The zero-order chi connectivity index (χ0) is 16.8. The Morgan fingerprint density at radius 3 is 0.571 bits per heavy atom. The van der Waals surface area contributed by atoms with Crippen LogP contribution in [-0.4, -0.2) is 51.9 Å². The summed E-state index contributed by atoms with van der Waals surface area (Å²) in [7, 11) is -20.1. The van der Waals surface area contributed by atoms with E-state index in [4.69, 9.17) is 18.2 Å². The zero-order valence-electron chi connectivity index (χ0n) is 9.03. The number of rotatable bonds is 6. The van der Waals surface area contributed by atoms with Crippen LogP contribution in [-0.2, 0) is 58.9 Å². The van der Waals surface area contributed by atoms with Crippen molar-refractivity contribution in [2.75, 3.05) is 0 Å². The van der Waals surface area contributed by atoms with Crippen molar-refractivity contribution in [2.24, 2.45) is 0 Å². The molecule has 0 aromatic heterocycles. The van der Waals surface area contributed by atoms with Gasteiger partial charge in [0.15, 0.2) is 0 Å². The van der Waals surface area contributed by atoms with Crippen LogP contribution in [0.15, 0.2) is 0 Å². The first kappa shape index (κ1) is 25.4. The van der Waals surface area contributed by atoms with Gasteiger partial charge in [-0.05, 0) is 0 Å². The molecule has 0 bridgehead atoms. The summed E-state index contributed by atoms with van der Waals surface area (Å²) in [6.45, 7) is 0. The van der Waals surface area contributed by atoms with E-state index in [0.29, 0.717) is 0 Å². The molecule has 0 radical (unpaired) electrons. The van der Waals surface area contributed by atoms with Crippen molar-refractivity contribution < 1.29 is 69.2 Å². The molecule has 0 saturated carbocycles. The van der Waals surface area contributed by atoms with Crippen LogP contribution in [0.3, 0.4) is 0 Å². The first-order chi connectivity index (χ1) is 8.41. The molecule has 0 aliphatic heterocycles. The highest BCUT2D eigenvalue weighted by atomic mass is 32.3. The Morgan fingerprint density at radius 1 is 0.429 bits per heavy atom. The zero-order valence-corrected chi connectivity index (χ0v) is 12.3. The maximum absolute atomic E-state index is 9.51. The molecular weight excluding hydrogens is 398 g/mol. The summed E-state index contributed by atoms with van der Waals surface area (Å²) in [6, 6.07) is 0. The summed E-state index contributed by atoms with van der Waals surface area (Å²) in [5.74, 6) is 0. The summed E-state index contributed by atoms with van der Waals surface area (Å²) >= 11 is 0. The molecule has 7 N–H and O–H groups in total. The van der Waals surface area contributed by atoms with Gasteiger partial charge in [0.25, 0.3) is 0 Å². The second-order valence-electron chi connectivity index (χ2n) is 1.98. The van der Waals surface area contributed by atoms with E-state index < -0.39 is 41.6 Å². The Bertz CT molecular complexity index is 556. The van der Waals surface area contributed by atoms with Crippen LogP contribution in [0, 0.1) is 0 Å². The van der Waals surface area contributed by atoms with Gasteiger partial charge in [0.2, 0.25) is 0 Å². The Hall–Kier alpha value is -0.560. The van der Waals surface area contributed by atoms with Crippen LogP contribution in [0.1, 0.15) is 0 Å². The lowest BCUT2D eigenvalue weighted by atomic mass is 14.0. The summed E-state index contributed by atoms with van der Waals surface area (Å²) in [5, 5.41) is 0. The van der Waals surface area contributed by atoms with Gasteiger partial charge in [-0.3, -0.25) is 18.2 Å². The van der Waals surface area contributed by atoms with E-state index in [-0.39, 0.29) is 6.15 Å². The van der Waals surface area contributed by atoms with Crippen molar-refractivity contribution in [3.63, 3.8) is 0 Å². The van der Waals surface area contributed by atoms with Gasteiger partial charge in [-0.15, -0.1) is 0 Å². The molecule has 0 heterocycles. The molecule has 17 nitrogen and oxygen atoms in total. The topological polar surface area (TPSA) is 289 Å². The molecule has 0 spiro atoms. The fourth-order valence-electron chi connectivity index (χ4n) is 0.140. The van der Waals surface area contributed by atoms with Crippen molar-refractivity contribution >= 4 is 41.6 Å². The molecule has 0 atom stereocenters. The lowest BCUT2D eigenvalue weighted by Gasteiger charge is -1.92. The van der Waals surface area contributed by atoms with Gasteiger partial charge < -0.3 is 6.15 Å². The molecule has 0 rings (SSSR count). The highest BCUT2D eigenvalue weighted by molar-refractivity contribution is 7.83. The van der Waals surface area contributed by atoms with Gasteiger partial charge in [-0.2, -0.15) is 33.7 Å². The Labute approximate surface area is 117 Å². The van der Waals surface area contributed by atoms with Crippen molar-refractivity contribution in [1.29, 1.82) is 0 Å². The summed E-state index contributed by atoms with van der Waals surface area (Å²) in [5.41, 5.74) is 0. The Kier molecular flexibility index (Phi) is 10.6. The number of hydrogen-bond donors (Lipinski definition) is 5. The molecule has 0 aromatic carbocycles. The predicted molar refractivity (Wildman–Crippen MR) is 55.6 cm³/mol. The smallest absolute Gasteiger partial charge is 0.344 e.